The van der Waals surface area contributed by atoms with E-state index in [4.69, 9.17) is 4.74 Å². The Hall–Kier alpha value is -2.42. The Morgan fingerprint density at radius 3 is 2.84 bits per heavy atom. The van der Waals surface area contributed by atoms with Crippen molar-refractivity contribution in [3.05, 3.63) is 16.6 Å². The van der Waals surface area contributed by atoms with Crippen molar-refractivity contribution in [3.63, 3.8) is 0 Å². The van der Waals surface area contributed by atoms with Gasteiger partial charge >= 0.3 is 0 Å². The fourth-order valence-electron chi connectivity index (χ4n) is 3.52. The minimum atomic E-state index is -0.240. The molecule has 0 unspecified atom stereocenters. The smallest absolute Gasteiger partial charge is 0.263 e. The van der Waals surface area contributed by atoms with Gasteiger partial charge in [-0.1, -0.05) is 12.8 Å². The van der Waals surface area contributed by atoms with E-state index in [-0.39, 0.29) is 18.0 Å². The Morgan fingerprint density at radius 2 is 2.08 bits per heavy atom. The SMILES string of the molecule is O=C(CNc1nc2c(cnn2C2CCCC2)c(=O)[nH]1)N1CCOCC1. The summed E-state index contributed by atoms with van der Waals surface area (Å²) >= 11 is 0. The maximum absolute atomic E-state index is 12.3. The third-order valence-electron chi connectivity index (χ3n) is 4.90. The molecule has 25 heavy (non-hydrogen) atoms. The standard InChI is InChI=1S/C16H22N6O3/c23-13(21-5-7-25-8-6-21)10-17-16-19-14-12(15(24)20-16)9-18-22(14)11-3-1-2-4-11/h9,11H,1-8,10H2,(H2,17,19,20,24). The minimum Gasteiger partial charge on any atom is -0.378 e. The van der Waals surface area contributed by atoms with E-state index in [9.17, 15) is 9.59 Å². The third-order valence-corrected chi connectivity index (χ3v) is 4.90. The van der Waals surface area contributed by atoms with Crippen LogP contribution in [-0.2, 0) is 9.53 Å². The first-order chi connectivity index (χ1) is 12.2. The summed E-state index contributed by atoms with van der Waals surface area (Å²) in [5.74, 6) is 0.272. The summed E-state index contributed by atoms with van der Waals surface area (Å²) in [6.07, 6.45) is 6.04. The number of morpholine rings is 1. The fraction of sp³-hybridized carbons (Fsp3) is 0.625. The second kappa shape index (κ2) is 6.83. The quantitative estimate of drug-likeness (QED) is 0.835. The number of hydrogen-bond donors (Lipinski definition) is 2. The highest BCUT2D eigenvalue weighted by Gasteiger charge is 2.22. The third kappa shape index (κ3) is 3.23. The summed E-state index contributed by atoms with van der Waals surface area (Å²) < 4.78 is 7.10. The van der Waals surface area contributed by atoms with Crippen molar-refractivity contribution in [3.8, 4) is 0 Å². The molecule has 1 amide bonds. The lowest BCUT2D eigenvalue weighted by atomic mass is 10.2. The van der Waals surface area contributed by atoms with Gasteiger partial charge in [-0.25, -0.2) is 4.68 Å². The Labute approximate surface area is 144 Å². The van der Waals surface area contributed by atoms with Gasteiger partial charge in [-0.05, 0) is 12.8 Å². The number of rotatable bonds is 4. The predicted octanol–water partition coefficient (Wildman–Crippen LogP) is 0.505. The summed E-state index contributed by atoms with van der Waals surface area (Å²) in [7, 11) is 0. The molecular formula is C16H22N6O3. The van der Waals surface area contributed by atoms with E-state index in [1.54, 1.807) is 11.1 Å². The van der Waals surface area contributed by atoms with Crippen LogP contribution in [0.4, 0.5) is 5.95 Å². The zero-order valence-corrected chi connectivity index (χ0v) is 14.0. The minimum absolute atomic E-state index is 0.0321. The van der Waals surface area contributed by atoms with E-state index in [2.05, 4.69) is 20.4 Å². The maximum atomic E-state index is 12.3. The van der Waals surface area contributed by atoms with Gasteiger partial charge in [-0.3, -0.25) is 14.6 Å². The first kappa shape index (κ1) is 16.1. The average Bonchev–Trinajstić information content (AvgIpc) is 3.29. The largest absolute Gasteiger partial charge is 0.378 e. The van der Waals surface area contributed by atoms with Crippen LogP contribution in [0.2, 0.25) is 0 Å². The van der Waals surface area contributed by atoms with E-state index in [0.717, 1.165) is 12.8 Å². The van der Waals surface area contributed by atoms with Gasteiger partial charge in [0.1, 0.15) is 5.39 Å². The lowest BCUT2D eigenvalue weighted by Gasteiger charge is -2.26. The number of amides is 1. The van der Waals surface area contributed by atoms with Gasteiger partial charge in [0, 0.05) is 13.1 Å². The van der Waals surface area contributed by atoms with Crippen molar-refractivity contribution >= 4 is 22.9 Å². The number of anilines is 1. The molecule has 9 nitrogen and oxygen atoms in total. The molecule has 1 saturated carbocycles. The molecule has 1 saturated heterocycles. The van der Waals surface area contributed by atoms with Crippen LogP contribution in [0.25, 0.3) is 11.0 Å². The zero-order chi connectivity index (χ0) is 17.2. The van der Waals surface area contributed by atoms with Crippen LogP contribution in [0.1, 0.15) is 31.7 Å². The number of hydrogen-bond acceptors (Lipinski definition) is 6. The van der Waals surface area contributed by atoms with Gasteiger partial charge in [0.2, 0.25) is 11.9 Å². The Kier molecular flexibility index (Phi) is 4.39. The highest BCUT2D eigenvalue weighted by Crippen LogP contribution is 2.30. The molecule has 1 aliphatic carbocycles. The monoisotopic (exact) mass is 346 g/mol. The number of carbonyl (C=O) groups is 1. The van der Waals surface area contributed by atoms with Gasteiger partial charge in [0.15, 0.2) is 5.65 Å². The lowest BCUT2D eigenvalue weighted by molar-refractivity contribution is -0.133. The molecule has 0 radical (unpaired) electrons. The fourth-order valence-corrected chi connectivity index (χ4v) is 3.52. The van der Waals surface area contributed by atoms with E-state index < -0.39 is 0 Å². The van der Waals surface area contributed by atoms with Crippen molar-refractivity contribution in [2.75, 3.05) is 38.2 Å². The Balaban J connectivity index is 1.52. The van der Waals surface area contributed by atoms with E-state index in [1.807, 2.05) is 4.68 Å². The number of nitrogens with zero attached hydrogens (tertiary/aromatic N) is 4. The molecule has 1 aliphatic heterocycles. The molecule has 9 heteroatoms. The van der Waals surface area contributed by atoms with Gasteiger partial charge in [0.25, 0.3) is 5.56 Å². The van der Waals surface area contributed by atoms with Crippen molar-refractivity contribution in [1.82, 2.24) is 24.6 Å². The van der Waals surface area contributed by atoms with Gasteiger partial charge in [0.05, 0.1) is 32.0 Å². The summed E-state index contributed by atoms with van der Waals surface area (Å²) in [4.78, 5) is 33.4. The molecule has 2 aromatic heterocycles. The van der Waals surface area contributed by atoms with Crippen LogP contribution in [0.5, 0.6) is 0 Å². The van der Waals surface area contributed by atoms with Crippen LogP contribution in [0.3, 0.4) is 0 Å². The topological polar surface area (TPSA) is 105 Å². The number of carbonyl (C=O) groups excluding carboxylic acids is 1. The van der Waals surface area contributed by atoms with Crippen molar-refractivity contribution in [2.24, 2.45) is 0 Å². The van der Waals surface area contributed by atoms with E-state index in [1.165, 1.54) is 12.8 Å². The average molecular weight is 346 g/mol. The van der Waals surface area contributed by atoms with Gasteiger partial charge in [-0.15, -0.1) is 0 Å². The molecule has 134 valence electrons. The van der Waals surface area contributed by atoms with Crippen LogP contribution in [-0.4, -0.2) is 63.4 Å². The van der Waals surface area contributed by atoms with E-state index in [0.29, 0.717) is 49.3 Å². The summed E-state index contributed by atoms with van der Waals surface area (Å²) in [6.45, 7) is 2.41. The predicted molar refractivity (Wildman–Crippen MR) is 91.5 cm³/mol. The number of H-pyrrole nitrogens is 1. The molecule has 0 bridgehead atoms. The number of nitrogens with one attached hydrogen (secondary N) is 2. The second-order valence-electron chi connectivity index (χ2n) is 6.53. The molecule has 4 rings (SSSR count). The number of aromatic nitrogens is 4. The molecule has 0 atom stereocenters. The maximum Gasteiger partial charge on any atom is 0.263 e. The molecule has 0 spiro atoms. The molecule has 2 aliphatic rings. The summed E-state index contributed by atoms with van der Waals surface area (Å²) in [5, 5.41) is 7.79. The van der Waals surface area contributed by atoms with Crippen LogP contribution >= 0.6 is 0 Å². The van der Waals surface area contributed by atoms with E-state index >= 15 is 0 Å². The van der Waals surface area contributed by atoms with Crippen molar-refractivity contribution in [2.45, 2.75) is 31.7 Å². The van der Waals surface area contributed by atoms with Crippen LogP contribution in [0, 0.1) is 0 Å². The van der Waals surface area contributed by atoms with Crippen LogP contribution in [0.15, 0.2) is 11.0 Å². The molecular weight excluding hydrogens is 324 g/mol. The first-order valence-electron chi connectivity index (χ1n) is 8.79. The molecule has 2 N–H and O–H groups in total. The van der Waals surface area contributed by atoms with Gasteiger partial charge < -0.3 is 15.0 Å². The summed E-state index contributed by atoms with van der Waals surface area (Å²) in [5.41, 5.74) is 0.340. The summed E-state index contributed by atoms with van der Waals surface area (Å²) in [6, 6.07) is 0.301. The Morgan fingerprint density at radius 1 is 1.32 bits per heavy atom. The highest BCUT2D eigenvalue weighted by atomic mass is 16.5. The lowest BCUT2D eigenvalue weighted by Crippen LogP contribution is -2.43. The number of ether oxygens (including phenoxy) is 1. The number of aromatic amines is 1. The molecule has 2 fully saturated rings. The van der Waals surface area contributed by atoms with Crippen molar-refractivity contribution < 1.29 is 9.53 Å². The zero-order valence-electron chi connectivity index (χ0n) is 14.0. The highest BCUT2D eigenvalue weighted by molar-refractivity contribution is 5.81. The molecule has 0 aromatic carbocycles. The Bertz CT molecular complexity index is 817. The molecule has 3 heterocycles. The van der Waals surface area contributed by atoms with Gasteiger partial charge in [-0.2, -0.15) is 10.1 Å². The second-order valence-corrected chi connectivity index (χ2v) is 6.53. The number of fused-ring (bicyclic) bond motifs is 1. The first-order valence-corrected chi connectivity index (χ1v) is 8.79. The normalized spacial score (nSPS) is 18.8. The molecule has 2 aromatic rings. The van der Waals surface area contributed by atoms with Crippen molar-refractivity contribution in [1.29, 1.82) is 0 Å². The van der Waals surface area contributed by atoms with Crippen LogP contribution < -0.4 is 10.9 Å².